The highest BCUT2D eigenvalue weighted by Gasteiger charge is 2.19. The first-order valence-corrected chi connectivity index (χ1v) is 6.86. The van der Waals surface area contributed by atoms with Crippen molar-refractivity contribution in [3.05, 3.63) is 23.8 Å². The van der Waals surface area contributed by atoms with Crippen LogP contribution in [0.25, 0.3) is 0 Å². The van der Waals surface area contributed by atoms with E-state index in [9.17, 15) is 4.79 Å². The lowest BCUT2D eigenvalue weighted by Crippen LogP contribution is -2.30. The number of nitrogens with one attached hydrogen (secondary N) is 1. The quantitative estimate of drug-likeness (QED) is 0.855. The number of benzene rings is 1. The van der Waals surface area contributed by atoms with Gasteiger partial charge in [-0.25, -0.2) is 0 Å². The van der Waals surface area contributed by atoms with Crippen molar-refractivity contribution in [2.45, 2.75) is 26.7 Å². The summed E-state index contributed by atoms with van der Waals surface area (Å²) >= 11 is 0. The second kappa shape index (κ2) is 6.06. The van der Waals surface area contributed by atoms with Gasteiger partial charge in [-0.05, 0) is 36.1 Å². The van der Waals surface area contributed by atoms with E-state index in [1.54, 1.807) is 0 Å². The lowest BCUT2D eigenvalue weighted by Gasteiger charge is -2.17. The Hall–Kier alpha value is -1.55. The van der Waals surface area contributed by atoms with Crippen molar-refractivity contribution in [1.82, 2.24) is 0 Å². The number of carbonyl (C=O) groups excluding carboxylic acids is 1. The Bertz CT molecular complexity index is 457. The van der Waals surface area contributed by atoms with Crippen LogP contribution >= 0.6 is 0 Å². The molecule has 1 aliphatic rings. The minimum atomic E-state index is -0.121. The van der Waals surface area contributed by atoms with E-state index in [0.29, 0.717) is 12.5 Å². The van der Waals surface area contributed by atoms with Gasteiger partial charge in [-0.15, -0.1) is 0 Å². The fourth-order valence-corrected chi connectivity index (χ4v) is 2.39. The van der Waals surface area contributed by atoms with Crippen LogP contribution in [0.4, 0.5) is 5.69 Å². The summed E-state index contributed by atoms with van der Waals surface area (Å²) in [6.45, 7) is 5.31. The molecule has 2 rings (SSSR count). The van der Waals surface area contributed by atoms with Gasteiger partial charge in [0, 0.05) is 18.7 Å². The minimum absolute atomic E-state index is 0.00932. The fraction of sp³-hybridized carbons (Fsp3) is 0.533. The maximum absolute atomic E-state index is 12.2. The topological polar surface area (TPSA) is 64.4 Å². The summed E-state index contributed by atoms with van der Waals surface area (Å²) < 4.78 is 5.45. The van der Waals surface area contributed by atoms with Gasteiger partial charge in [0.1, 0.15) is 5.75 Å². The molecule has 1 aromatic rings. The van der Waals surface area contributed by atoms with Gasteiger partial charge in [0.15, 0.2) is 0 Å². The zero-order valence-electron chi connectivity index (χ0n) is 11.6. The van der Waals surface area contributed by atoms with Gasteiger partial charge in [0.2, 0.25) is 5.91 Å². The molecule has 0 fully saturated rings. The molecule has 4 nitrogen and oxygen atoms in total. The van der Waals surface area contributed by atoms with E-state index in [-0.39, 0.29) is 11.8 Å². The zero-order chi connectivity index (χ0) is 13.8. The summed E-state index contributed by atoms with van der Waals surface area (Å²) in [4.78, 5) is 12.2. The number of hydrogen-bond acceptors (Lipinski definition) is 3. The van der Waals surface area contributed by atoms with E-state index in [2.05, 4.69) is 19.2 Å². The summed E-state index contributed by atoms with van der Waals surface area (Å²) in [5.74, 6) is 1.28. The molecule has 0 radical (unpaired) electrons. The molecule has 0 spiro atoms. The molecule has 1 unspecified atom stereocenters. The van der Waals surface area contributed by atoms with Crippen LogP contribution in [-0.2, 0) is 11.2 Å². The molecule has 0 saturated carbocycles. The number of anilines is 1. The van der Waals surface area contributed by atoms with Crippen molar-refractivity contribution in [3.63, 3.8) is 0 Å². The van der Waals surface area contributed by atoms with Gasteiger partial charge in [-0.1, -0.05) is 13.8 Å². The minimum Gasteiger partial charge on any atom is -0.493 e. The highest BCUT2D eigenvalue weighted by atomic mass is 16.5. The van der Waals surface area contributed by atoms with Crippen molar-refractivity contribution in [3.8, 4) is 5.75 Å². The molecule has 1 aromatic carbocycles. The lowest BCUT2D eigenvalue weighted by molar-refractivity contribution is -0.120. The van der Waals surface area contributed by atoms with Crippen LogP contribution in [0.3, 0.4) is 0 Å². The second-order valence-corrected chi connectivity index (χ2v) is 5.47. The van der Waals surface area contributed by atoms with Crippen LogP contribution in [0.5, 0.6) is 5.75 Å². The number of hydrogen-bond donors (Lipinski definition) is 2. The predicted octanol–water partition coefficient (Wildman–Crippen LogP) is 2.18. The van der Waals surface area contributed by atoms with Crippen LogP contribution in [0.2, 0.25) is 0 Å². The van der Waals surface area contributed by atoms with E-state index >= 15 is 0 Å². The molecule has 0 aromatic heterocycles. The van der Waals surface area contributed by atoms with Crippen LogP contribution in [0.1, 0.15) is 25.8 Å². The summed E-state index contributed by atoms with van der Waals surface area (Å²) in [7, 11) is 0. The first-order valence-electron chi connectivity index (χ1n) is 6.86. The molecule has 19 heavy (non-hydrogen) atoms. The van der Waals surface area contributed by atoms with E-state index in [1.165, 1.54) is 0 Å². The zero-order valence-corrected chi connectivity index (χ0v) is 11.6. The molecule has 1 heterocycles. The van der Waals surface area contributed by atoms with Gasteiger partial charge in [-0.3, -0.25) is 4.79 Å². The van der Waals surface area contributed by atoms with Gasteiger partial charge in [-0.2, -0.15) is 0 Å². The number of nitrogens with two attached hydrogens (primary N) is 1. The molecular weight excluding hydrogens is 240 g/mol. The number of fused-ring (bicyclic) bond motifs is 1. The molecule has 1 amide bonds. The van der Waals surface area contributed by atoms with Crippen molar-refractivity contribution in [1.29, 1.82) is 0 Å². The molecule has 0 saturated heterocycles. The Morgan fingerprint density at radius 2 is 2.26 bits per heavy atom. The molecule has 1 aliphatic heterocycles. The number of amides is 1. The average Bonchev–Trinajstić information content (AvgIpc) is 2.82. The molecule has 0 aliphatic carbocycles. The first kappa shape index (κ1) is 13.9. The second-order valence-electron chi connectivity index (χ2n) is 5.47. The van der Waals surface area contributed by atoms with Gasteiger partial charge in [0.25, 0.3) is 0 Å². The van der Waals surface area contributed by atoms with E-state index in [0.717, 1.165) is 36.4 Å². The standard InChI is InChI=1S/C15H22N2O2/c1-10(2)7-12(9-16)15(18)17-13-3-4-14-11(8-13)5-6-19-14/h3-4,8,10,12H,5-7,9,16H2,1-2H3,(H,17,18). The van der Waals surface area contributed by atoms with Crippen molar-refractivity contribution in [2.75, 3.05) is 18.5 Å². The molecule has 0 bridgehead atoms. The first-order chi connectivity index (χ1) is 9.10. The fourth-order valence-electron chi connectivity index (χ4n) is 2.39. The summed E-state index contributed by atoms with van der Waals surface area (Å²) in [6, 6.07) is 5.78. The van der Waals surface area contributed by atoms with Crippen LogP contribution < -0.4 is 15.8 Å². The van der Waals surface area contributed by atoms with Crippen LogP contribution in [-0.4, -0.2) is 19.1 Å². The normalized spacial score (nSPS) is 14.9. The van der Waals surface area contributed by atoms with Gasteiger partial charge in [0.05, 0.1) is 12.5 Å². The van der Waals surface area contributed by atoms with Crippen molar-refractivity contribution in [2.24, 2.45) is 17.6 Å². The smallest absolute Gasteiger partial charge is 0.228 e. The Balaban J connectivity index is 2.01. The predicted molar refractivity (Wildman–Crippen MR) is 76.3 cm³/mol. The maximum Gasteiger partial charge on any atom is 0.228 e. The Morgan fingerprint density at radius 1 is 1.47 bits per heavy atom. The van der Waals surface area contributed by atoms with E-state index in [4.69, 9.17) is 10.5 Å². The molecule has 3 N–H and O–H groups in total. The Kier molecular flexibility index (Phi) is 4.43. The van der Waals surface area contributed by atoms with E-state index < -0.39 is 0 Å². The Labute approximate surface area is 114 Å². The summed E-state index contributed by atoms with van der Waals surface area (Å²) in [5.41, 5.74) is 7.67. The van der Waals surface area contributed by atoms with Gasteiger partial charge >= 0.3 is 0 Å². The third-order valence-corrected chi connectivity index (χ3v) is 3.37. The molecule has 1 atom stereocenters. The largest absolute Gasteiger partial charge is 0.493 e. The summed E-state index contributed by atoms with van der Waals surface area (Å²) in [6.07, 6.45) is 1.72. The van der Waals surface area contributed by atoms with Gasteiger partial charge < -0.3 is 15.8 Å². The Morgan fingerprint density at radius 3 is 2.95 bits per heavy atom. The average molecular weight is 262 g/mol. The van der Waals surface area contributed by atoms with Crippen LogP contribution in [0.15, 0.2) is 18.2 Å². The van der Waals surface area contributed by atoms with E-state index in [1.807, 2.05) is 18.2 Å². The third kappa shape index (κ3) is 3.47. The third-order valence-electron chi connectivity index (χ3n) is 3.37. The number of ether oxygens (including phenoxy) is 1. The number of carbonyl (C=O) groups is 1. The summed E-state index contributed by atoms with van der Waals surface area (Å²) in [5, 5.41) is 2.95. The lowest BCUT2D eigenvalue weighted by atomic mass is 9.96. The SMILES string of the molecule is CC(C)CC(CN)C(=O)Nc1ccc2c(c1)CCO2. The van der Waals surface area contributed by atoms with Crippen molar-refractivity contribution >= 4 is 11.6 Å². The monoisotopic (exact) mass is 262 g/mol. The molecular formula is C15H22N2O2. The highest BCUT2D eigenvalue weighted by Crippen LogP contribution is 2.28. The number of rotatable bonds is 5. The van der Waals surface area contributed by atoms with Crippen molar-refractivity contribution < 1.29 is 9.53 Å². The molecule has 104 valence electrons. The highest BCUT2D eigenvalue weighted by molar-refractivity contribution is 5.92. The van der Waals surface area contributed by atoms with Crippen LogP contribution in [0, 0.1) is 11.8 Å². The maximum atomic E-state index is 12.2. The molecule has 4 heteroatoms.